The highest BCUT2D eigenvalue weighted by Gasteiger charge is 2.26. The van der Waals surface area contributed by atoms with Crippen LogP contribution >= 0.6 is 23.2 Å². The van der Waals surface area contributed by atoms with Crippen LogP contribution in [-0.4, -0.2) is 22.0 Å². The second kappa shape index (κ2) is 9.30. The predicted molar refractivity (Wildman–Crippen MR) is 114 cm³/mol. The zero-order valence-electron chi connectivity index (χ0n) is 16.1. The lowest BCUT2D eigenvalue weighted by atomic mass is 10.1. The normalized spacial score (nSPS) is 11.1. The number of nitrogen functional groups attached to an aromatic ring is 1. The van der Waals surface area contributed by atoms with Gasteiger partial charge in [0.1, 0.15) is 5.82 Å². The van der Waals surface area contributed by atoms with Gasteiger partial charge in [-0.15, -0.1) is 0 Å². The van der Waals surface area contributed by atoms with E-state index in [-0.39, 0.29) is 39.6 Å². The molecule has 2 rings (SSSR count). The Labute approximate surface area is 173 Å². The predicted octanol–water partition coefficient (Wildman–Crippen LogP) is 3.53. The van der Waals surface area contributed by atoms with Gasteiger partial charge in [0.05, 0.1) is 15.6 Å². The first kappa shape index (κ1) is 22.0. The first-order valence-corrected chi connectivity index (χ1v) is 9.83. The third-order valence-electron chi connectivity index (χ3n) is 4.19. The molecule has 7 nitrogen and oxygen atoms in total. The SMILES string of the molecule is CCCCN(C(=O)c1cccc(Cl)c1Cl)c1c(N)n(CC(C)C)c(=O)[nH]c1=O. The van der Waals surface area contributed by atoms with E-state index >= 15 is 0 Å². The van der Waals surface area contributed by atoms with E-state index in [2.05, 4.69) is 4.98 Å². The lowest BCUT2D eigenvalue weighted by Gasteiger charge is -2.25. The number of benzene rings is 1. The van der Waals surface area contributed by atoms with Gasteiger partial charge >= 0.3 is 5.69 Å². The molecule has 0 atom stereocenters. The summed E-state index contributed by atoms with van der Waals surface area (Å²) in [5, 5.41) is 0.329. The van der Waals surface area contributed by atoms with Crippen molar-refractivity contribution >= 4 is 40.6 Å². The number of unbranched alkanes of at least 4 members (excludes halogenated alkanes) is 1. The molecule has 0 aliphatic heterocycles. The average molecular weight is 427 g/mol. The summed E-state index contributed by atoms with van der Waals surface area (Å²) in [6.45, 7) is 6.35. The van der Waals surface area contributed by atoms with E-state index < -0.39 is 17.2 Å². The van der Waals surface area contributed by atoms with E-state index in [0.29, 0.717) is 13.0 Å². The molecule has 1 aromatic carbocycles. The number of H-pyrrole nitrogens is 1. The van der Waals surface area contributed by atoms with Crippen molar-refractivity contribution < 1.29 is 4.79 Å². The first-order valence-electron chi connectivity index (χ1n) is 9.07. The van der Waals surface area contributed by atoms with Crippen LogP contribution in [0.25, 0.3) is 0 Å². The highest BCUT2D eigenvalue weighted by Crippen LogP contribution is 2.28. The second-order valence-corrected chi connectivity index (χ2v) is 7.69. The van der Waals surface area contributed by atoms with Crippen LogP contribution in [0.3, 0.4) is 0 Å². The van der Waals surface area contributed by atoms with Crippen LogP contribution in [0.2, 0.25) is 10.0 Å². The van der Waals surface area contributed by atoms with Gasteiger partial charge in [0.15, 0.2) is 5.69 Å². The Bertz CT molecular complexity index is 982. The number of nitrogens with two attached hydrogens (primary N) is 1. The number of halogens is 2. The smallest absolute Gasteiger partial charge is 0.330 e. The molecule has 1 aromatic heterocycles. The largest absolute Gasteiger partial charge is 0.383 e. The molecule has 0 saturated carbocycles. The van der Waals surface area contributed by atoms with Crippen LogP contribution in [0, 0.1) is 5.92 Å². The number of nitrogens with one attached hydrogen (secondary N) is 1. The molecule has 0 radical (unpaired) electrons. The molecule has 2 aromatic rings. The van der Waals surface area contributed by atoms with Crippen molar-refractivity contribution in [2.45, 2.75) is 40.2 Å². The maximum Gasteiger partial charge on any atom is 0.330 e. The minimum absolute atomic E-state index is 0.0509. The number of amides is 1. The molecule has 28 heavy (non-hydrogen) atoms. The van der Waals surface area contributed by atoms with Crippen LogP contribution in [-0.2, 0) is 6.54 Å². The van der Waals surface area contributed by atoms with Crippen molar-refractivity contribution in [1.82, 2.24) is 9.55 Å². The van der Waals surface area contributed by atoms with Gasteiger partial charge < -0.3 is 10.6 Å². The summed E-state index contributed by atoms with van der Waals surface area (Å²) in [4.78, 5) is 41.6. The van der Waals surface area contributed by atoms with Gasteiger partial charge in [0, 0.05) is 13.1 Å². The third-order valence-corrected chi connectivity index (χ3v) is 5.01. The fourth-order valence-electron chi connectivity index (χ4n) is 2.83. The quantitative estimate of drug-likeness (QED) is 0.706. The summed E-state index contributed by atoms with van der Waals surface area (Å²) in [5.41, 5.74) is 4.95. The second-order valence-electron chi connectivity index (χ2n) is 6.91. The lowest BCUT2D eigenvalue weighted by molar-refractivity contribution is 0.0986. The molecule has 1 amide bonds. The zero-order chi connectivity index (χ0) is 21.0. The van der Waals surface area contributed by atoms with Crippen molar-refractivity contribution in [2.24, 2.45) is 5.92 Å². The molecule has 1 heterocycles. The van der Waals surface area contributed by atoms with Crippen molar-refractivity contribution in [1.29, 1.82) is 0 Å². The van der Waals surface area contributed by atoms with Crippen molar-refractivity contribution in [2.75, 3.05) is 17.2 Å². The molecule has 0 fully saturated rings. The molecule has 9 heteroatoms. The summed E-state index contributed by atoms with van der Waals surface area (Å²) in [6, 6.07) is 4.71. The molecular weight excluding hydrogens is 403 g/mol. The highest BCUT2D eigenvalue weighted by atomic mass is 35.5. The summed E-state index contributed by atoms with van der Waals surface area (Å²) >= 11 is 12.2. The maximum atomic E-state index is 13.2. The molecule has 0 bridgehead atoms. The van der Waals surface area contributed by atoms with Gasteiger partial charge in [0.25, 0.3) is 11.5 Å². The Morgan fingerprint density at radius 2 is 1.96 bits per heavy atom. The van der Waals surface area contributed by atoms with Gasteiger partial charge in [-0.3, -0.25) is 19.1 Å². The van der Waals surface area contributed by atoms with Crippen LogP contribution < -0.4 is 21.9 Å². The lowest BCUT2D eigenvalue weighted by Crippen LogP contribution is -2.42. The number of hydrogen-bond donors (Lipinski definition) is 2. The molecule has 0 aliphatic carbocycles. The third kappa shape index (κ3) is 4.59. The molecule has 152 valence electrons. The van der Waals surface area contributed by atoms with E-state index in [1.54, 1.807) is 12.1 Å². The minimum atomic E-state index is -0.717. The number of aromatic amines is 1. The van der Waals surface area contributed by atoms with Crippen LogP contribution in [0.15, 0.2) is 27.8 Å². The van der Waals surface area contributed by atoms with Crippen LogP contribution in [0.1, 0.15) is 44.0 Å². The average Bonchev–Trinajstić information content (AvgIpc) is 2.62. The fraction of sp³-hybridized carbons (Fsp3) is 0.421. The Morgan fingerprint density at radius 1 is 1.29 bits per heavy atom. The number of rotatable bonds is 7. The Hall–Kier alpha value is -2.25. The Balaban J connectivity index is 2.66. The molecule has 3 N–H and O–H groups in total. The number of carbonyl (C=O) groups is 1. The van der Waals surface area contributed by atoms with E-state index in [1.807, 2.05) is 20.8 Å². The zero-order valence-corrected chi connectivity index (χ0v) is 17.6. The molecule has 0 aliphatic rings. The standard InChI is InChI=1S/C19H24Cl2N4O3/c1-4-5-9-24(18(27)12-7-6-8-13(20)14(12)21)15-16(22)25(10-11(2)3)19(28)23-17(15)26/h6-8,11H,4-5,9-10,22H2,1-3H3,(H,23,26,28). The van der Waals surface area contributed by atoms with Crippen molar-refractivity contribution in [3.05, 3.63) is 54.6 Å². The first-order chi connectivity index (χ1) is 13.2. The minimum Gasteiger partial charge on any atom is -0.383 e. The topological polar surface area (TPSA) is 101 Å². The van der Waals surface area contributed by atoms with Gasteiger partial charge in [-0.2, -0.15) is 0 Å². The fourth-order valence-corrected chi connectivity index (χ4v) is 3.21. The monoisotopic (exact) mass is 426 g/mol. The number of aromatic nitrogens is 2. The summed E-state index contributed by atoms with van der Waals surface area (Å²) < 4.78 is 1.27. The van der Waals surface area contributed by atoms with Gasteiger partial charge in [-0.25, -0.2) is 4.79 Å². The maximum absolute atomic E-state index is 13.2. The number of hydrogen-bond acceptors (Lipinski definition) is 4. The summed E-state index contributed by atoms with van der Waals surface area (Å²) in [7, 11) is 0. The van der Waals surface area contributed by atoms with Crippen LogP contribution in [0.5, 0.6) is 0 Å². The Kier molecular flexibility index (Phi) is 7.32. The van der Waals surface area contributed by atoms with E-state index in [1.165, 1.54) is 15.5 Å². The van der Waals surface area contributed by atoms with Gasteiger partial charge in [0.2, 0.25) is 0 Å². The summed E-state index contributed by atoms with van der Waals surface area (Å²) in [5.74, 6) is -0.445. The van der Waals surface area contributed by atoms with E-state index in [9.17, 15) is 14.4 Å². The van der Waals surface area contributed by atoms with Gasteiger partial charge in [-0.1, -0.05) is 56.5 Å². The number of nitrogens with zero attached hydrogens (tertiary/aromatic N) is 2. The molecular formula is C19H24Cl2N4O3. The molecule has 0 saturated heterocycles. The van der Waals surface area contributed by atoms with Gasteiger partial charge in [-0.05, 0) is 24.5 Å². The number of anilines is 2. The van der Waals surface area contributed by atoms with E-state index in [0.717, 1.165) is 6.42 Å². The van der Waals surface area contributed by atoms with Crippen LogP contribution in [0.4, 0.5) is 11.5 Å². The highest BCUT2D eigenvalue weighted by molar-refractivity contribution is 6.44. The van der Waals surface area contributed by atoms with Crippen molar-refractivity contribution in [3.8, 4) is 0 Å². The van der Waals surface area contributed by atoms with E-state index in [4.69, 9.17) is 28.9 Å². The molecule has 0 spiro atoms. The molecule has 0 unspecified atom stereocenters. The van der Waals surface area contributed by atoms with Crippen molar-refractivity contribution in [3.63, 3.8) is 0 Å². The number of carbonyl (C=O) groups excluding carboxylic acids is 1. The Morgan fingerprint density at radius 3 is 2.57 bits per heavy atom. The summed E-state index contributed by atoms with van der Waals surface area (Å²) in [6.07, 6.45) is 1.42.